The average Bonchev–Trinajstić information content (AvgIpc) is 3.57. The molecule has 0 spiro atoms. The number of tetrazole rings is 1. The molecule has 0 aliphatic carbocycles. The van der Waals surface area contributed by atoms with Crippen molar-refractivity contribution in [1.29, 1.82) is 0 Å². The van der Waals surface area contributed by atoms with E-state index in [0.29, 0.717) is 30.5 Å². The van der Waals surface area contributed by atoms with Crippen LogP contribution in [0.4, 0.5) is 0 Å². The summed E-state index contributed by atoms with van der Waals surface area (Å²) < 4.78 is 35.1. The monoisotopic (exact) mass is 427 g/mol. The summed E-state index contributed by atoms with van der Waals surface area (Å²) in [5.41, 5.74) is 0. The Bertz CT molecular complexity index is 1100. The molecule has 4 atom stereocenters. The molecule has 0 saturated carbocycles. The minimum Gasteiger partial charge on any atom is -0.459 e. The van der Waals surface area contributed by atoms with Gasteiger partial charge in [-0.25, -0.2) is 0 Å². The number of benzene rings is 1. The number of aromatic nitrogens is 4. The van der Waals surface area contributed by atoms with Crippen LogP contribution in [0.3, 0.4) is 0 Å². The van der Waals surface area contributed by atoms with Gasteiger partial charge in [-0.3, -0.25) is 4.79 Å². The van der Waals surface area contributed by atoms with E-state index in [1.807, 2.05) is 0 Å². The molecule has 3 aliphatic rings. The minimum atomic E-state index is -0.343. The van der Waals surface area contributed by atoms with Crippen molar-refractivity contribution >= 4 is 5.91 Å². The second kappa shape index (κ2) is 7.25. The van der Waals surface area contributed by atoms with Gasteiger partial charge in [0.2, 0.25) is 6.79 Å². The standard InChI is InChI=1S/C19H17N5O7/c25-18(14-2-1-5-26-14)20-11-7-27-17-12(8-28-16(11)17)24-19(21-22-23-24)31-10-3-4-13-15(6-10)30-9-29-13/h1-6,11-12,16-17H,7-9H2,(H,20,25)/t11-,12+,16-,17+/m1/s1. The van der Waals surface area contributed by atoms with Gasteiger partial charge >= 0.3 is 6.01 Å². The maximum Gasteiger partial charge on any atom is 0.341 e. The molecule has 3 aromatic rings. The lowest BCUT2D eigenvalue weighted by Gasteiger charge is -2.17. The van der Waals surface area contributed by atoms with Gasteiger partial charge in [-0.05, 0) is 34.7 Å². The molecule has 0 bridgehead atoms. The molecule has 0 unspecified atom stereocenters. The molecule has 2 aromatic heterocycles. The van der Waals surface area contributed by atoms with E-state index in [1.165, 1.54) is 10.9 Å². The number of nitrogens with zero attached hydrogens (tertiary/aromatic N) is 4. The molecule has 31 heavy (non-hydrogen) atoms. The first-order valence-corrected chi connectivity index (χ1v) is 9.69. The van der Waals surface area contributed by atoms with E-state index >= 15 is 0 Å². The highest BCUT2D eigenvalue weighted by molar-refractivity contribution is 5.91. The summed E-state index contributed by atoms with van der Waals surface area (Å²) in [4.78, 5) is 12.3. The van der Waals surface area contributed by atoms with Gasteiger partial charge in [0.25, 0.3) is 5.91 Å². The van der Waals surface area contributed by atoms with Crippen molar-refractivity contribution < 1.29 is 32.9 Å². The highest BCUT2D eigenvalue weighted by Crippen LogP contribution is 2.38. The minimum absolute atomic E-state index is 0.175. The summed E-state index contributed by atoms with van der Waals surface area (Å²) in [6.07, 6.45) is 0.765. The van der Waals surface area contributed by atoms with Gasteiger partial charge in [-0.1, -0.05) is 5.10 Å². The van der Waals surface area contributed by atoms with Crippen LogP contribution in [-0.2, 0) is 9.47 Å². The fourth-order valence-corrected chi connectivity index (χ4v) is 3.97. The van der Waals surface area contributed by atoms with Crippen molar-refractivity contribution in [2.75, 3.05) is 20.0 Å². The fourth-order valence-electron chi connectivity index (χ4n) is 3.97. The van der Waals surface area contributed by atoms with Crippen LogP contribution in [0.2, 0.25) is 0 Å². The molecule has 6 rings (SSSR count). The third kappa shape index (κ3) is 3.16. The maximum atomic E-state index is 12.3. The molecule has 2 saturated heterocycles. The Balaban J connectivity index is 1.17. The number of carbonyl (C=O) groups is 1. The lowest BCUT2D eigenvalue weighted by Crippen LogP contribution is -2.44. The molecule has 12 heteroatoms. The highest BCUT2D eigenvalue weighted by atomic mass is 16.7. The van der Waals surface area contributed by atoms with Crippen LogP contribution in [0.25, 0.3) is 0 Å². The van der Waals surface area contributed by atoms with Crippen molar-refractivity contribution in [1.82, 2.24) is 25.5 Å². The Morgan fingerprint density at radius 3 is 2.94 bits per heavy atom. The van der Waals surface area contributed by atoms with Gasteiger partial charge in [0.1, 0.15) is 24.0 Å². The first-order valence-electron chi connectivity index (χ1n) is 9.69. The Hall–Kier alpha value is -3.64. The molecule has 2 fully saturated rings. The topological polar surface area (TPSA) is 132 Å². The molecule has 0 radical (unpaired) electrons. The number of hydrogen-bond acceptors (Lipinski definition) is 10. The Labute approximate surface area is 175 Å². The second-order valence-corrected chi connectivity index (χ2v) is 7.24. The average molecular weight is 427 g/mol. The van der Waals surface area contributed by atoms with E-state index in [2.05, 4.69) is 20.8 Å². The van der Waals surface area contributed by atoms with E-state index in [1.54, 1.807) is 30.3 Å². The molecule has 160 valence electrons. The number of hydrogen-bond donors (Lipinski definition) is 1. The predicted molar refractivity (Wildman–Crippen MR) is 98.9 cm³/mol. The number of furan rings is 1. The van der Waals surface area contributed by atoms with E-state index in [9.17, 15) is 4.79 Å². The van der Waals surface area contributed by atoms with Crippen LogP contribution in [-0.4, -0.2) is 64.4 Å². The fraction of sp³-hybridized carbons (Fsp3) is 0.368. The van der Waals surface area contributed by atoms with Crippen molar-refractivity contribution in [2.45, 2.75) is 24.3 Å². The maximum absolute atomic E-state index is 12.3. The zero-order valence-corrected chi connectivity index (χ0v) is 16.0. The molecule has 1 amide bonds. The normalized spacial score (nSPS) is 26.1. The lowest BCUT2D eigenvalue weighted by molar-refractivity contribution is 0.0605. The van der Waals surface area contributed by atoms with E-state index < -0.39 is 0 Å². The number of ether oxygens (including phenoxy) is 5. The molecule has 12 nitrogen and oxygen atoms in total. The van der Waals surface area contributed by atoms with E-state index in [4.69, 9.17) is 28.1 Å². The van der Waals surface area contributed by atoms with Crippen LogP contribution in [0, 0.1) is 0 Å². The van der Waals surface area contributed by atoms with Crippen LogP contribution >= 0.6 is 0 Å². The van der Waals surface area contributed by atoms with Gasteiger partial charge in [0.05, 0.1) is 25.5 Å². The number of rotatable bonds is 5. The van der Waals surface area contributed by atoms with Gasteiger partial charge in [0, 0.05) is 6.07 Å². The Morgan fingerprint density at radius 1 is 1.13 bits per heavy atom. The summed E-state index contributed by atoms with van der Waals surface area (Å²) in [7, 11) is 0. The van der Waals surface area contributed by atoms with E-state index in [0.717, 1.165) is 0 Å². The van der Waals surface area contributed by atoms with Crippen molar-refractivity contribution in [3.05, 3.63) is 42.4 Å². The summed E-state index contributed by atoms with van der Waals surface area (Å²) >= 11 is 0. The van der Waals surface area contributed by atoms with E-state index in [-0.39, 0.29) is 48.8 Å². The summed E-state index contributed by atoms with van der Waals surface area (Å²) in [6.45, 7) is 0.789. The Kier molecular flexibility index (Phi) is 4.25. The summed E-state index contributed by atoms with van der Waals surface area (Å²) in [5.74, 6) is 1.67. The van der Waals surface area contributed by atoms with Gasteiger partial charge in [0.15, 0.2) is 17.3 Å². The van der Waals surface area contributed by atoms with Crippen LogP contribution in [0.1, 0.15) is 16.6 Å². The molecule has 1 N–H and O–H groups in total. The molecule has 5 heterocycles. The second-order valence-electron chi connectivity index (χ2n) is 7.24. The third-order valence-electron chi connectivity index (χ3n) is 5.42. The lowest BCUT2D eigenvalue weighted by atomic mass is 10.1. The van der Waals surface area contributed by atoms with Crippen LogP contribution in [0.15, 0.2) is 41.0 Å². The largest absolute Gasteiger partial charge is 0.459 e. The molecular weight excluding hydrogens is 410 g/mol. The first kappa shape index (κ1) is 18.2. The van der Waals surface area contributed by atoms with Crippen molar-refractivity contribution in [3.63, 3.8) is 0 Å². The quantitative estimate of drug-likeness (QED) is 0.627. The number of nitrogens with one attached hydrogen (secondary N) is 1. The van der Waals surface area contributed by atoms with Gasteiger partial charge in [-0.15, -0.1) is 0 Å². The molecule has 3 aliphatic heterocycles. The smallest absolute Gasteiger partial charge is 0.341 e. The molecule has 1 aromatic carbocycles. The number of carbonyl (C=O) groups excluding carboxylic acids is 1. The SMILES string of the molecule is O=C(N[C@@H]1CO[C@@H]2[C@@H]1OC[C@@H]2n1nnnc1Oc1ccc2c(c1)OCO2)c1ccco1. The predicted octanol–water partition coefficient (Wildman–Crippen LogP) is 0.924. The van der Waals surface area contributed by atoms with Crippen LogP contribution < -0.4 is 19.5 Å². The zero-order chi connectivity index (χ0) is 20.8. The van der Waals surface area contributed by atoms with Crippen LogP contribution in [0.5, 0.6) is 23.3 Å². The summed E-state index contributed by atoms with van der Waals surface area (Å²) in [5, 5.41) is 14.7. The third-order valence-corrected chi connectivity index (χ3v) is 5.42. The molecular formula is C19H17N5O7. The number of fused-ring (bicyclic) bond motifs is 2. The van der Waals surface area contributed by atoms with Crippen molar-refractivity contribution in [2.24, 2.45) is 0 Å². The highest BCUT2D eigenvalue weighted by Gasteiger charge is 2.50. The number of amides is 1. The van der Waals surface area contributed by atoms with Gasteiger partial charge in [-0.2, -0.15) is 4.68 Å². The Morgan fingerprint density at radius 2 is 2.03 bits per heavy atom. The zero-order valence-electron chi connectivity index (χ0n) is 16.0. The van der Waals surface area contributed by atoms with Crippen molar-refractivity contribution in [3.8, 4) is 23.3 Å². The van der Waals surface area contributed by atoms with Gasteiger partial charge < -0.3 is 33.4 Å². The first-order chi connectivity index (χ1) is 15.3. The summed E-state index contributed by atoms with van der Waals surface area (Å²) in [6, 6.07) is 8.03.